The summed E-state index contributed by atoms with van der Waals surface area (Å²) < 4.78 is 27.5. The normalized spacial score (nSPS) is 46.3. The van der Waals surface area contributed by atoms with Gasteiger partial charge in [0.25, 0.3) is 10.1 Å². The first-order valence-electron chi connectivity index (χ1n) is 5.86. The maximum atomic E-state index is 12.0. The van der Waals surface area contributed by atoms with Crippen LogP contribution in [-0.4, -0.2) is 26.6 Å². The van der Waals surface area contributed by atoms with Crippen molar-refractivity contribution in [3.05, 3.63) is 0 Å². The standard InChI is InChI=1S/C11H16O4S/c1-16(13,14)15-11-8-3-6-2-7(5-8)10(12)9(11)4-6/h6-9,11H,2-5H2,1H3/t6-,7+,8-,9+,11+/m1/s1. The molecular formula is C11H16O4S. The molecule has 0 saturated heterocycles. The van der Waals surface area contributed by atoms with E-state index >= 15 is 0 Å². The highest BCUT2D eigenvalue weighted by atomic mass is 32.2. The summed E-state index contributed by atoms with van der Waals surface area (Å²) in [5.41, 5.74) is 0. The molecule has 4 bridgehead atoms. The first-order chi connectivity index (χ1) is 7.44. The summed E-state index contributed by atoms with van der Waals surface area (Å²) in [5.74, 6) is 1.22. The van der Waals surface area contributed by atoms with Crippen LogP contribution in [0.2, 0.25) is 0 Å². The maximum Gasteiger partial charge on any atom is 0.264 e. The van der Waals surface area contributed by atoms with Gasteiger partial charge in [0.2, 0.25) is 0 Å². The third kappa shape index (κ3) is 1.61. The number of hydrogen-bond acceptors (Lipinski definition) is 4. The van der Waals surface area contributed by atoms with Crippen molar-refractivity contribution in [2.24, 2.45) is 23.7 Å². The lowest BCUT2D eigenvalue weighted by Gasteiger charge is -2.52. The fourth-order valence-corrected chi connectivity index (χ4v) is 4.62. The van der Waals surface area contributed by atoms with Gasteiger partial charge >= 0.3 is 0 Å². The molecule has 4 saturated carbocycles. The van der Waals surface area contributed by atoms with Crippen molar-refractivity contribution in [2.75, 3.05) is 6.26 Å². The van der Waals surface area contributed by atoms with Gasteiger partial charge in [0, 0.05) is 11.8 Å². The first kappa shape index (κ1) is 10.7. The zero-order valence-corrected chi connectivity index (χ0v) is 10.1. The Morgan fingerprint density at radius 2 is 1.94 bits per heavy atom. The number of carbonyl (C=O) groups is 1. The molecule has 5 atom stereocenters. The fourth-order valence-electron chi connectivity index (χ4n) is 3.93. The molecule has 0 radical (unpaired) electrons. The average molecular weight is 244 g/mol. The minimum atomic E-state index is -3.44. The maximum absolute atomic E-state index is 12.0. The van der Waals surface area contributed by atoms with Crippen LogP contribution >= 0.6 is 0 Å². The lowest BCUT2D eigenvalue weighted by Crippen LogP contribution is -2.55. The predicted molar refractivity (Wildman–Crippen MR) is 57.2 cm³/mol. The summed E-state index contributed by atoms with van der Waals surface area (Å²) in [5, 5.41) is 0. The van der Waals surface area contributed by atoms with Crippen molar-refractivity contribution in [3.8, 4) is 0 Å². The molecule has 5 heteroatoms. The molecule has 4 aliphatic carbocycles. The second-order valence-electron chi connectivity index (χ2n) is 5.54. The minimum absolute atomic E-state index is 0.147. The highest BCUT2D eigenvalue weighted by Crippen LogP contribution is 2.53. The molecule has 4 fully saturated rings. The molecule has 0 N–H and O–H groups in total. The number of ketones is 1. The van der Waals surface area contributed by atoms with Gasteiger partial charge in [0.15, 0.2) is 0 Å². The average Bonchev–Trinajstić information content (AvgIpc) is 2.17. The van der Waals surface area contributed by atoms with Crippen LogP contribution in [0.4, 0.5) is 0 Å². The molecule has 0 aromatic rings. The molecule has 0 spiro atoms. The van der Waals surface area contributed by atoms with Crippen molar-refractivity contribution in [1.29, 1.82) is 0 Å². The third-order valence-corrected chi connectivity index (χ3v) is 4.92. The van der Waals surface area contributed by atoms with Gasteiger partial charge in [-0.3, -0.25) is 8.98 Å². The third-order valence-electron chi connectivity index (χ3n) is 4.34. The van der Waals surface area contributed by atoms with E-state index in [-0.39, 0.29) is 29.6 Å². The number of rotatable bonds is 2. The van der Waals surface area contributed by atoms with Gasteiger partial charge in [0.1, 0.15) is 5.78 Å². The summed E-state index contributed by atoms with van der Waals surface area (Å²) in [4.78, 5) is 12.0. The highest BCUT2D eigenvalue weighted by Gasteiger charge is 2.54. The van der Waals surface area contributed by atoms with Crippen molar-refractivity contribution in [2.45, 2.75) is 31.8 Å². The summed E-state index contributed by atoms with van der Waals surface area (Å²) >= 11 is 0. The quantitative estimate of drug-likeness (QED) is 0.679. The van der Waals surface area contributed by atoms with E-state index in [0.29, 0.717) is 5.92 Å². The van der Waals surface area contributed by atoms with Gasteiger partial charge in [0.05, 0.1) is 12.4 Å². The Bertz CT molecular complexity index is 427. The molecule has 4 nitrogen and oxygen atoms in total. The van der Waals surface area contributed by atoms with Crippen LogP contribution in [0.5, 0.6) is 0 Å². The Morgan fingerprint density at radius 1 is 1.19 bits per heavy atom. The summed E-state index contributed by atoms with van der Waals surface area (Å²) in [6.45, 7) is 0. The van der Waals surface area contributed by atoms with Crippen LogP contribution in [0.15, 0.2) is 0 Å². The lowest BCUT2D eigenvalue weighted by atomic mass is 9.54. The second kappa shape index (κ2) is 3.29. The Hall–Kier alpha value is -0.420. The predicted octanol–water partition coefficient (Wildman–Crippen LogP) is 0.966. The second-order valence-corrected chi connectivity index (χ2v) is 7.14. The van der Waals surface area contributed by atoms with Crippen LogP contribution in [0.25, 0.3) is 0 Å². The van der Waals surface area contributed by atoms with E-state index < -0.39 is 10.1 Å². The van der Waals surface area contributed by atoms with E-state index in [1.807, 2.05) is 0 Å². The molecule has 0 unspecified atom stereocenters. The van der Waals surface area contributed by atoms with Crippen LogP contribution in [0, 0.1) is 23.7 Å². The smallest absolute Gasteiger partial charge is 0.264 e. The molecular weight excluding hydrogens is 228 g/mol. The molecule has 0 aromatic heterocycles. The molecule has 0 heterocycles. The fraction of sp³-hybridized carbons (Fsp3) is 0.909. The lowest BCUT2D eigenvalue weighted by molar-refractivity contribution is -0.151. The van der Waals surface area contributed by atoms with Crippen LogP contribution in [0.3, 0.4) is 0 Å². The topological polar surface area (TPSA) is 60.4 Å². The van der Waals surface area contributed by atoms with Gasteiger partial charge in [-0.15, -0.1) is 0 Å². The molecule has 0 amide bonds. The largest absolute Gasteiger partial charge is 0.299 e. The Morgan fingerprint density at radius 3 is 2.62 bits per heavy atom. The van der Waals surface area contributed by atoms with Crippen molar-refractivity contribution in [3.63, 3.8) is 0 Å². The zero-order valence-electron chi connectivity index (χ0n) is 9.26. The van der Waals surface area contributed by atoms with E-state index in [0.717, 1.165) is 31.9 Å². The van der Waals surface area contributed by atoms with Crippen LogP contribution < -0.4 is 0 Å². The molecule has 0 aromatic carbocycles. The molecule has 16 heavy (non-hydrogen) atoms. The first-order valence-corrected chi connectivity index (χ1v) is 7.67. The zero-order chi connectivity index (χ0) is 11.5. The number of Topliss-reactive ketones (excluding diaryl/α,β-unsaturated/α-hetero) is 1. The summed E-state index contributed by atoms with van der Waals surface area (Å²) in [6, 6.07) is 0. The van der Waals surface area contributed by atoms with E-state index in [9.17, 15) is 13.2 Å². The van der Waals surface area contributed by atoms with E-state index in [4.69, 9.17) is 4.18 Å². The Labute approximate surface area is 95.5 Å². The number of hydrogen-bond donors (Lipinski definition) is 0. The molecule has 4 rings (SSSR count). The SMILES string of the molecule is CS(=O)(=O)O[C@H]1[C@@H]2C[C@H]3C[C@@H](C2)C(=O)[C@@H]1C3. The highest BCUT2D eigenvalue weighted by molar-refractivity contribution is 7.86. The molecule has 90 valence electrons. The monoisotopic (exact) mass is 244 g/mol. The van der Waals surface area contributed by atoms with Gasteiger partial charge in [-0.05, 0) is 37.5 Å². The minimum Gasteiger partial charge on any atom is -0.299 e. The molecule has 4 aliphatic rings. The van der Waals surface area contributed by atoms with Crippen molar-refractivity contribution >= 4 is 15.9 Å². The van der Waals surface area contributed by atoms with Crippen molar-refractivity contribution in [1.82, 2.24) is 0 Å². The van der Waals surface area contributed by atoms with Gasteiger partial charge < -0.3 is 0 Å². The molecule has 0 aliphatic heterocycles. The van der Waals surface area contributed by atoms with E-state index in [1.54, 1.807) is 0 Å². The summed E-state index contributed by atoms with van der Waals surface area (Å²) in [7, 11) is -3.44. The van der Waals surface area contributed by atoms with E-state index in [1.165, 1.54) is 0 Å². The van der Waals surface area contributed by atoms with Gasteiger partial charge in [-0.1, -0.05) is 0 Å². The van der Waals surface area contributed by atoms with Crippen LogP contribution in [0.1, 0.15) is 25.7 Å². The van der Waals surface area contributed by atoms with Gasteiger partial charge in [-0.25, -0.2) is 0 Å². The van der Waals surface area contributed by atoms with Crippen molar-refractivity contribution < 1.29 is 17.4 Å². The Kier molecular flexibility index (Phi) is 2.20. The Balaban J connectivity index is 1.88. The van der Waals surface area contributed by atoms with E-state index in [2.05, 4.69) is 0 Å². The summed E-state index contributed by atoms with van der Waals surface area (Å²) in [6.07, 6.45) is 4.45. The van der Waals surface area contributed by atoms with Crippen LogP contribution in [-0.2, 0) is 19.1 Å². The van der Waals surface area contributed by atoms with Gasteiger partial charge in [-0.2, -0.15) is 8.42 Å². The number of carbonyl (C=O) groups excluding carboxylic acids is 1.